The average molecular weight is 260 g/mol. The Balaban J connectivity index is 1.83. The number of benzene rings is 1. The minimum Gasteiger partial charge on any atom is -0.466 e. The quantitative estimate of drug-likeness (QED) is 0.826. The van der Waals surface area contributed by atoms with E-state index in [9.17, 15) is 4.79 Å². The number of ether oxygens (including phenoxy) is 1. The van der Waals surface area contributed by atoms with E-state index < -0.39 is 0 Å². The number of fused-ring (bicyclic) bond motifs is 1. The van der Waals surface area contributed by atoms with Gasteiger partial charge < -0.3 is 9.84 Å². The molecule has 0 bridgehead atoms. The van der Waals surface area contributed by atoms with Gasteiger partial charge in [0.05, 0.1) is 19.1 Å². The molecule has 2 aliphatic carbocycles. The van der Waals surface area contributed by atoms with Gasteiger partial charge in [0.1, 0.15) is 0 Å². The van der Waals surface area contributed by atoms with E-state index in [0.717, 1.165) is 12.0 Å². The van der Waals surface area contributed by atoms with Gasteiger partial charge in [-0.25, -0.2) is 0 Å². The molecule has 0 aromatic heterocycles. The summed E-state index contributed by atoms with van der Waals surface area (Å²) in [5, 5.41) is 9.09. The van der Waals surface area contributed by atoms with Gasteiger partial charge >= 0.3 is 5.97 Å². The third-order valence-electron chi connectivity index (χ3n) is 4.87. The van der Waals surface area contributed by atoms with Crippen LogP contribution in [0.5, 0.6) is 0 Å². The summed E-state index contributed by atoms with van der Waals surface area (Å²) in [7, 11) is 0. The molecule has 1 aromatic rings. The van der Waals surface area contributed by atoms with Gasteiger partial charge in [0.25, 0.3) is 0 Å². The summed E-state index contributed by atoms with van der Waals surface area (Å²) in [4.78, 5) is 11.9. The Bertz CT molecular complexity index is 493. The van der Waals surface area contributed by atoms with E-state index in [-0.39, 0.29) is 23.9 Å². The molecule has 0 amide bonds. The normalized spacial score (nSPS) is 34.6. The fraction of sp³-hybridized carbons (Fsp3) is 0.562. The molecule has 3 heteroatoms. The van der Waals surface area contributed by atoms with Crippen LogP contribution in [0.1, 0.15) is 31.4 Å². The molecule has 0 radical (unpaired) electrons. The third-order valence-corrected chi connectivity index (χ3v) is 4.87. The van der Waals surface area contributed by atoms with Crippen LogP contribution in [0.2, 0.25) is 0 Å². The van der Waals surface area contributed by atoms with E-state index in [2.05, 4.69) is 19.1 Å². The first-order valence-electron chi connectivity index (χ1n) is 7.08. The summed E-state index contributed by atoms with van der Waals surface area (Å²) in [6.07, 6.45) is 1.11. The Hall–Kier alpha value is -1.35. The van der Waals surface area contributed by atoms with Crippen LogP contribution in [0.25, 0.3) is 0 Å². The molecular weight excluding hydrogens is 240 g/mol. The molecule has 0 spiro atoms. The van der Waals surface area contributed by atoms with Crippen molar-refractivity contribution >= 4 is 5.97 Å². The molecule has 1 aromatic carbocycles. The summed E-state index contributed by atoms with van der Waals surface area (Å²) in [5.74, 6) is 1.14. The van der Waals surface area contributed by atoms with Crippen LogP contribution in [0.3, 0.4) is 0 Å². The van der Waals surface area contributed by atoms with Crippen molar-refractivity contribution in [2.75, 3.05) is 6.61 Å². The smallest absolute Gasteiger partial charge is 0.310 e. The van der Waals surface area contributed by atoms with Gasteiger partial charge in [-0.05, 0) is 29.9 Å². The lowest BCUT2D eigenvalue weighted by molar-refractivity contribution is -0.146. The Morgan fingerprint density at radius 1 is 1.32 bits per heavy atom. The molecule has 4 atom stereocenters. The van der Waals surface area contributed by atoms with Crippen molar-refractivity contribution in [3.63, 3.8) is 0 Å². The molecule has 1 N–H and O–H groups in total. The first kappa shape index (κ1) is 12.7. The molecule has 2 saturated carbocycles. The zero-order chi connectivity index (χ0) is 13.6. The molecule has 2 fully saturated rings. The van der Waals surface area contributed by atoms with Gasteiger partial charge in [0, 0.05) is 5.41 Å². The lowest BCUT2D eigenvalue weighted by atomic mass is 9.88. The zero-order valence-electron chi connectivity index (χ0n) is 11.4. The van der Waals surface area contributed by atoms with Crippen molar-refractivity contribution in [3.05, 3.63) is 35.4 Å². The summed E-state index contributed by atoms with van der Waals surface area (Å²) in [6.45, 7) is 4.56. The van der Waals surface area contributed by atoms with Crippen LogP contribution in [0.4, 0.5) is 0 Å². The molecule has 0 aliphatic heterocycles. The largest absolute Gasteiger partial charge is 0.466 e. The number of aliphatic hydroxyl groups excluding tert-OH is 1. The second-order valence-corrected chi connectivity index (χ2v) is 5.56. The van der Waals surface area contributed by atoms with E-state index in [1.807, 2.05) is 19.1 Å². The molecule has 102 valence electrons. The highest BCUT2D eigenvalue weighted by atomic mass is 16.5. The van der Waals surface area contributed by atoms with Crippen molar-refractivity contribution in [1.29, 1.82) is 0 Å². The third kappa shape index (κ3) is 1.57. The number of hydrogen-bond acceptors (Lipinski definition) is 3. The van der Waals surface area contributed by atoms with Crippen molar-refractivity contribution in [2.45, 2.75) is 32.3 Å². The predicted octanol–water partition coefficient (Wildman–Crippen LogP) is 2.27. The highest BCUT2D eigenvalue weighted by Gasteiger charge is 2.88. The first-order valence-corrected chi connectivity index (χ1v) is 7.08. The lowest BCUT2D eigenvalue weighted by Crippen LogP contribution is -2.22. The van der Waals surface area contributed by atoms with Crippen LogP contribution in [-0.2, 0) is 21.6 Å². The first-order chi connectivity index (χ1) is 9.21. The van der Waals surface area contributed by atoms with E-state index >= 15 is 0 Å². The highest BCUT2D eigenvalue weighted by Crippen LogP contribution is 2.85. The van der Waals surface area contributed by atoms with Gasteiger partial charge in [-0.1, -0.05) is 37.6 Å². The summed E-state index contributed by atoms with van der Waals surface area (Å²) in [6, 6.07) is 8.03. The van der Waals surface area contributed by atoms with E-state index in [4.69, 9.17) is 9.84 Å². The SMILES string of the molecule is CCOC(=O)[C@@H]1C2C(CC)C21c1ccc(CO)cc1. The second-order valence-electron chi connectivity index (χ2n) is 5.56. The molecule has 19 heavy (non-hydrogen) atoms. The topological polar surface area (TPSA) is 46.5 Å². The van der Waals surface area contributed by atoms with Gasteiger partial charge in [0.15, 0.2) is 0 Å². The van der Waals surface area contributed by atoms with Crippen molar-refractivity contribution < 1.29 is 14.6 Å². The number of rotatable bonds is 5. The van der Waals surface area contributed by atoms with Gasteiger partial charge in [-0.15, -0.1) is 0 Å². The Labute approximate surface area is 113 Å². The van der Waals surface area contributed by atoms with Crippen LogP contribution in [-0.4, -0.2) is 17.7 Å². The molecule has 2 aliphatic rings. The van der Waals surface area contributed by atoms with Crippen molar-refractivity contribution in [1.82, 2.24) is 0 Å². The Morgan fingerprint density at radius 3 is 2.53 bits per heavy atom. The number of aliphatic hydroxyl groups is 1. The van der Waals surface area contributed by atoms with E-state index in [0.29, 0.717) is 18.4 Å². The Morgan fingerprint density at radius 2 is 2.00 bits per heavy atom. The van der Waals surface area contributed by atoms with Crippen LogP contribution >= 0.6 is 0 Å². The van der Waals surface area contributed by atoms with Crippen LogP contribution < -0.4 is 0 Å². The second kappa shape index (κ2) is 4.34. The van der Waals surface area contributed by atoms with Crippen LogP contribution in [0, 0.1) is 17.8 Å². The van der Waals surface area contributed by atoms with E-state index in [1.54, 1.807) is 0 Å². The van der Waals surface area contributed by atoms with Crippen molar-refractivity contribution in [2.24, 2.45) is 17.8 Å². The minimum absolute atomic E-state index is 0.0385. The lowest BCUT2D eigenvalue weighted by Gasteiger charge is -2.17. The number of carbonyl (C=O) groups is 1. The summed E-state index contributed by atoms with van der Waals surface area (Å²) in [5.41, 5.74) is 2.20. The molecule has 3 rings (SSSR count). The zero-order valence-corrected chi connectivity index (χ0v) is 11.4. The van der Waals surface area contributed by atoms with Gasteiger partial charge in [-0.2, -0.15) is 0 Å². The maximum Gasteiger partial charge on any atom is 0.310 e. The fourth-order valence-corrected chi connectivity index (χ4v) is 3.94. The fourth-order valence-electron chi connectivity index (χ4n) is 3.94. The number of esters is 1. The summed E-state index contributed by atoms with van der Waals surface area (Å²) < 4.78 is 5.17. The van der Waals surface area contributed by atoms with E-state index in [1.165, 1.54) is 5.56 Å². The standard InChI is InChI=1S/C16H20O3/c1-3-12-13-14(15(18)19-4-2)16(12,13)11-7-5-10(9-17)6-8-11/h5-8,12-14,17H,3-4,9H2,1-2H3/t12?,13?,14-,16?/m0/s1. The number of hydrogen-bond donors (Lipinski definition) is 1. The molecular formula is C16H20O3. The van der Waals surface area contributed by atoms with Gasteiger partial charge in [-0.3, -0.25) is 4.79 Å². The van der Waals surface area contributed by atoms with Crippen molar-refractivity contribution in [3.8, 4) is 0 Å². The number of carbonyl (C=O) groups excluding carboxylic acids is 1. The molecule has 0 saturated heterocycles. The molecule has 0 heterocycles. The van der Waals surface area contributed by atoms with Crippen LogP contribution in [0.15, 0.2) is 24.3 Å². The molecule has 3 unspecified atom stereocenters. The van der Waals surface area contributed by atoms with Gasteiger partial charge in [0.2, 0.25) is 0 Å². The minimum atomic E-state index is -0.0385. The summed E-state index contributed by atoms with van der Waals surface area (Å²) >= 11 is 0. The Kier molecular flexibility index (Phi) is 2.90. The predicted molar refractivity (Wildman–Crippen MR) is 71.4 cm³/mol. The molecule has 3 nitrogen and oxygen atoms in total. The monoisotopic (exact) mass is 260 g/mol. The maximum atomic E-state index is 11.9. The average Bonchev–Trinajstić information content (AvgIpc) is 3.28. The highest BCUT2D eigenvalue weighted by molar-refractivity contribution is 5.84. The maximum absolute atomic E-state index is 11.9.